The van der Waals surface area contributed by atoms with Gasteiger partial charge in [0.2, 0.25) is 0 Å². The van der Waals surface area contributed by atoms with Crippen LogP contribution in [0, 0.1) is 11.6 Å². The van der Waals surface area contributed by atoms with Gasteiger partial charge in [-0.1, -0.05) is 12.1 Å². The predicted octanol–water partition coefficient (Wildman–Crippen LogP) is 2.05. The van der Waals surface area contributed by atoms with E-state index in [0.29, 0.717) is 26.1 Å². The van der Waals surface area contributed by atoms with E-state index in [1.54, 1.807) is 0 Å². The topological polar surface area (TPSA) is 29.5 Å². The summed E-state index contributed by atoms with van der Waals surface area (Å²) in [6.45, 7) is 0.931. The van der Waals surface area contributed by atoms with Crippen LogP contribution in [-0.4, -0.2) is 23.9 Å². The maximum absolute atomic E-state index is 13.4. The third kappa shape index (κ3) is 2.39. The van der Waals surface area contributed by atoms with Gasteiger partial charge >= 0.3 is 0 Å². The van der Waals surface area contributed by atoms with Gasteiger partial charge in [0.1, 0.15) is 0 Å². The number of rotatable bonds is 2. The molecule has 0 spiro atoms. The summed E-state index contributed by atoms with van der Waals surface area (Å²) in [5.41, 5.74) is -0.739. The van der Waals surface area contributed by atoms with Crippen LogP contribution in [0.2, 0.25) is 0 Å². The van der Waals surface area contributed by atoms with Crippen LogP contribution >= 0.6 is 0 Å². The van der Waals surface area contributed by atoms with Gasteiger partial charge in [-0.2, -0.15) is 0 Å². The number of halogens is 2. The quantitative estimate of drug-likeness (QED) is 0.839. The second-order valence-electron chi connectivity index (χ2n) is 4.23. The second-order valence-corrected chi connectivity index (χ2v) is 4.23. The van der Waals surface area contributed by atoms with Crippen LogP contribution in [-0.2, 0) is 11.2 Å². The zero-order valence-electron chi connectivity index (χ0n) is 8.88. The fourth-order valence-electron chi connectivity index (χ4n) is 1.97. The van der Waals surface area contributed by atoms with Gasteiger partial charge in [-0.25, -0.2) is 8.78 Å². The smallest absolute Gasteiger partial charge is 0.162 e. The highest BCUT2D eigenvalue weighted by Crippen LogP contribution is 2.26. The maximum Gasteiger partial charge on any atom is 0.162 e. The number of ether oxygens (including phenoxy) is 1. The summed E-state index contributed by atoms with van der Waals surface area (Å²) >= 11 is 0. The van der Waals surface area contributed by atoms with E-state index < -0.39 is 17.2 Å². The highest BCUT2D eigenvalue weighted by Gasteiger charge is 2.31. The van der Waals surface area contributed by atoms with Crippen LogP contribution in [0.5, 0.6) is 0 Å². The highest BCUT2D eigenvalue weighted by molar-refractivity contribution is 5.21. The van der Waals surface area contributed by atoms with Crippen LogP contribution in [0.15, 0.2) is 18.2 Å². The van der Waals surface area contributed by atoms with Crippen LogP contribution in [0.25, 0.3) is 0 Å². The van der Waals surface area contributed by atoms with Crippen molar-refractivity contribution in [1.29, 1.82) is 0 Å². The number of aliphatic hydroxyl groups is 1. The molecule has 0 unspecified atom stereocenters. The summed E-state index contributed by atoms with van der Waals surface area (Å²) in [4.78, 5) is 0. The van der Waals surface area contributed by atoms with Gasteiger partial charge < -0.3 is 9.84 Å². The normalized spacial score (nSPS) is 19.7. The molecule has 0 radical (unpaired) electrons. The molecule has 88 valence electrons. The van der Waals surface area contributed by atoms with Gasteiger partial charge in [0.15, 0.2) is 11.6 Å². The summed E-state index contributed by atoms with van der Waals surface area (Å²) in [5, 5.41) is 10.2. The van der Waals surface area contributed by atoms with Crippen molar-refractivity contribution in [2.24, 2.45) is 0 Å². The SMILES string of the molecule is OC1(Cc2cccc(F)c2F)CCOCC1. The van der Waals surface area contributed by atoms with Crippen molar-refractivity contribution < 1.29 is 18.6 Å². The van der Waals surface area contributed by atoms with Crippen molar-refractivity contribution >= 4 is 0 Å². The first kappa shape index (κ1) is 11.5. The lowest BCUT2D eigenvalue weighted by Crippen LogP contribution is -2.38. The highest BCUT2D eigenvalue weighted by atomic mass is 19.2. The standard InChI is InChI=1S/C12H14F2O2/c13-10-3-1-2-9(11(10)14)8-12(15)4-6-16-7-5-12/h1-3,15H,4-8H2. The zero-order chi connectivity index (χ0) is 11.6. The van der Waals surface area contributed by atoms with E-state index in [1.165, 1.54) is 12.1 Å². The molecular weight excluding hydrogens is 214 g/mol. The lowest BCUT2D eigenvalue weighted by molar-refractivity contribution is -0.0630. The molecule has 1 aliphatic rings. The molecule has 2 nitrogen and oxygen atoms in total. The van der Waals surface area contributed by atoms with E-state index in [9.17, 15) is 13.9 Å². The van der Waals surface area contributed by atoms with Crippen molar-refractivity contribution in [1.82, 2.24) is 0 Å². The number of hydrogen-bond donors (Lipinski definition) is 1. The van der Waals surface area contributed by atoms with Crippen molar-refractivity contribution in [3.8, 4) is 0 Å². The third-order valence-corrected chi connectivity index (χ3v) is 2.97. The summed E-state index contributed by atoms with van der Waals surface area (Å²) in [6, 6.07) is 4.04. The average Bonchev–Trinajstić information content (AvgIpc) is 2.26. The Labute approximate surface area is 92.9 Å². The molecule has 1 fully saturated rings. The van der Waals surface area contributed by atoms with E-state index in [0.717, 1.165) is 6.07 Å². The Morgan fingerprint density at radius 2 is 1.94 bits per heavy atom. The van der Waals surface area contributed by atoms with Gasteiger partial charge in [-0.15, -0.1) is 0 Å². The monoisotopic (exact) mass is 228 g/mol. The van der Waals surface area contributed by atoms with E-state index >= 15 is 0 Å². The number of benzene rings is 1. The first-order valence-corrected chi connectivity index (χ1v) is 5.34. The molecule has 0 bridgehead atoms. The molecule has 2 rings (SSSR count). The zero-order valence-corrected chi connectivity index (χ0v) is 8.88. The molecule has 1 N–H and O–H groups in total. The minimum atomic E-state index is -0.965. The lowest BCUT2D eigenvalue weighted by atomic mass is 9.87. The molecule has 0 aromatic heterocycles. The molecule has 4 heteroatoms. The molecular formula is C12H14F2O2. The van der Waals surface area contributed by atoms with Gasteiger partial charge in [0.05, 0.1) is 5.60 Å². The summed E-state index contributed by atoms with van der Waals surface area (Å²) in [5.74, 6) is -1.73. The third-order valence-electron chi connectivity index (χ3n) is 2.97. The van der Waals surface area contributed by atoms with Crippen molar-refractivity contribution in [3.05, 3.63) is 35.4 Å². The molecule has 16 heavy (non-hydrogen) atoms. The Morgan fingerprint density at radius 3 is 2.62 bits per heavy atom. The van der Waals surface area contributed by atoms with Gasteiger partial charge in [0, 0.05) is 19.6 Å². The molecule has 0 amide bonds. The Bertz CT molecular complexity index is 373. The summed E-state index contributed by atoms with van der Waals surface area (Å²) < 4.78 is 31.5. The number of hydrogen-bond acceptors (Lipinski definition) is 2. The van der Waals surface area contributed by atoms with Crippen LogP contribution in [0.3, 0.4) is 0 Å². The Balaban J connectivity index is 2.16. The maximum atomic E-state index is 13.4. The Hall–Kier alpha value is -1.00. The molecule has 1 aromatic rings. The van der Waals surface area contributed by atoms with Crippen LogP contribution < -0.4 is 0 Å². The van der Waals surface area contributed by atoms with Gasteiger partial charge in [-0.05, 0) is 24.5 Å². The van der Waals surface area contributed by atoms with Crippen molar-refractivity contribution in [2.75, 3.05) is 13.2 Å². The molecule has 1 aromatic carbocycles. The van der Waals surface area contributed by atoms with E-state index in [1.807, 2.05) is 0 Å². The summed E-state index contributed by atoms with van der Waals surface area (Å²) in [6.07, 6.45) is 1.06. The molecule has 1 heterocycles. The Morgan fingerprint density at radius 1 is 1.25 bits per heavy atom. The molecule has 0 atom stereocenters. The second kappa shape index (κ2) is 4.47. The van der Waals surface area contributed by atoms with Crippen molar-refractivity contribution in [3.63, 3.8) is 0 Å². The minimum absolute atomic E-state index is 0.139. The van der Waals surface area contributed by atoms with Crippen LogP contribution in [0.4, 0.5) is 8.78 Å². The summed E-state index contributed by atoms with van der Waals surface area (Å²) in [7, 11) is 0. The first-order valence-electron chi connectivity index (χ1n) is 5.34. The minimum Gasteiger partial charge on any atom is -0.389 e. The Kier molecular flexibility index (Phi) is 3.21. The lowest BCUT2D eigenvalue weighted by Gasteiger charge is -2.32. The van der Waals surface area contributed by atoms with Crippen molar-refractivity contribution in [2.45, 2.75) is 24.9 Å². The van der Waals surface area contributed by atoms with Gasteiger partial charge in [0.25, 0.3) is 0 Å². The molecule has 0 aliphatic carbocycles. The van der Waals surface area contributed by atoms with E-state index in [-0.39, 0.29) is 12.0 Å². The van der Waals surface area contributed by atoms with E-state index in [2.05, 4.69) is 0 Å². The predicted molar refractivity (Wildman–Crippen MR) is 55.1 cm³/mol. The molecule has 1 aliphatic heterocycles. The fourth-order valence-corrected chi connectivity index (χ4v) is 1.97. The average molecular weight is 228 g/mol. The fraction of sp³-hybridized carbons (Fsp3) is 0.500. The van der Waals surface area contributed by atoms with Gasteiger partial charge in [-0.3, -0.25) is 0 Å². The van der Waals surface area contributed by atoms with E-state index in [4.69, 9.17) is 4.74 Å². The molecule has 1 saturated heterocycles. The largest absolute Gasteiger partial charge is 0.389 e. The van der Waals surface area contributed by atoms with Crippen LogP contribution in [0.1, 0.15) is 18.4 Å². The first-order chi connectivity index (χ1) is 7.61. The molecule has 0 saturated carbocycles.